The van der Waals surface area contributed by atoms with Gasteiger partial charge in [0.2, 0.25) is 5.95 Å². The van der Waals surface area contributed by atoms with E-state index in [0.717, 1.165) is 18.7 Å². The predicted octanol–water partition coefficient (Wildman–Crippen LogP) is 2.11. The Hall–Kier alpha value is -2.47. The number of likely N-dealkylation sites (N-methyl/N-ethyl adjacent to an activating group) is 1. The normalized spacial score (nSPS) is 10.7. The molecule has 0 aliphatic rings. The maximum Gasteiger partial charge on any atom is 0.257 e. The molecule has 0 spiro atoms. The number of benzene rings is 1. The highest BCUT2D eigenvalue weighted by atomic mass is 16.2. The van der Waals surface area contributed by atoms with Crippen LogP contribution in [0.2, 0.25) is 0 Å². The van der Waals surface area contributed by atoms with Crippen molar-refractivity contribution in [2.24, 2.45) is 0 Å². The number of carbonyl (C=O) groups is 1. The SMILES string of the molecule is CCN(Cc1ccccc1)C(=O)c1cnc(NCCN(C)C)nc1. The summed E-state index contributed by atoms with van der Waals surface area (Å²) < 4.78 is 0. The highest BCUT2D eigenvalue weighted by molar-refractivity contribution is 5.93. The number of rotatable bonds is 8. The van der Waals surface area contributed by atoms with Gasteiger partial charge in [0.15, 0.2) is 0 Å². The summed E-state index contributed by atoms with van der Waals surface area (Å²) in [6.07, 6.45) is 3.17. The van der Waals surface area contributed by atoms with Gasteiger partial charge in [0.05, 0.1) is 5.56 Å². The van der Waals surface area contributed by atoms with E-state index in [9.17, 15) is 4.79 Å². The number of hydrogen-bond acceptors (Lipinski definition) is 5. The molecule has 6 nitrogen and oxygen atoms in total. The molecule has 1 aromatic heterocycles. The summed E-state index contributed by atoms with van der Waals surface area (Å²) in [6, 6.07) is 9.96. The molecule has 0 radical (unpaired) electrons. The van der Waals surface area contributed by atoms with Crippen LogP contribution in [0.15, 0.2) is 42.7 Å². The highest BCUT2D eigenvalue weighted by Gasteiger charge is 2.15. The van der Waals surface area contributed by atoms with Gasteiger partial charge in [-0.3, -0.25) is 4.79 Å². The lowest BCUT2D eigenvalue weighted by Crippen LogP contribution is -2.30. The van der Waals surface area contributed by atoms with Gasteiger partial charge in [0, 0.05) is 38.6 Å². The van der Waals surface area contributed by atoms with Crippen molar-refractivity contribution in [1.82, 2.24) is 19.8 Å². The van der Waals surface area contributed by atoms with Gasteiger partial charge in [-0.25, -0.2) is 9.97 Å². The monoisotopic (exact) mass is 327 g/mol. The first-order valence-electron chi connectivity index (χ1n) is 8.14. The zero-order chi connectivity index (χ0) is 17.4. The summed E-state index contributed by atoms with van der Waals surface area (Å²) in [7, 11) is 4.02. The smallest absolute Gasteiger partial charge is 0.257 e. The van der Waals surface area contributed by atoms with Crippen LogP contribution in [0.1, 0.15) is 22.8 Å². The third kappa shape index (κ3) is 5.31. The van der Waals surface area contributed by atoms with Crippen molar-refractivity contribution in [3.8, 4) is 0 Å². The first-order chi connectivity index (χ1) is 11.6. The summed E-state index contributed by atoms with van der Waals surface area (Å²) in [6.45, 7) is 4.84. The van der Waals surface area contributed by atoms with Crippen LogP contribution in [0.25, 0.3) is 0 Å². The molecule has 0 saturated carbocycles. The van der Waals surface area contributed by atoms with E-state index in [0.29, 0.717) is 24.6 Å². The standard InChI is InChI=1S/C18H25N5O/c1-4-23(14-15-8-6-5-7-9-15)17(24)16-12-20-18(21-13-16)19-10-11-22(2)3/h5-9,12-13H,4,10-11,14H2,1-3H3,(H,19,20,21). The molecule has 0 saturated heterocycles. The van der Waals surface area contributed by atoms with Gasteiger partial charge in [-0.1, -0.05) is 30.3 Å². The maximum atomic E-state index is 12.6. The Bertz CT molecular complexity index is 628. The second kappa shape index (κ2) is 8.98. The number of nitrogens with one attached hydrogen (secondary N) is 1. The van der Waals surface area contributed by atoms with Crippen LogP contribution in [0, 0.1) is 0 Å². The van der Waals surface area contributed by atoms with Gasteiger partial charge in [-0.05, 0) is 26.6 Å². The van der Waals surface area contributed by atoms with Gasteiger partial charge in [0.25, 0.3) is 5.91 Å². The van der Waals surface area contributed by atoms with E-state index < -0.39 is 0 Å². The molecule has 24 heavy (non-hydrogen) atoms. The average Bonchev–Trinajstić information content (AvgIpc) is 2.60. The van der Waals surface area contributed by atoms with E-state index in [-0.39, 0.29) is 5.91 Å². The molecule has 1 N–H and O–H groups in total. The van der Waals surface area contributed by atoms with Crippen molar-refractivity contribution >= 4 is 11.9 Å². The van der Waals surface area contributed by atoms with Crippen molar-refractivity contribution < 1.29 is 4.79 Å². The van der Waals surface area contributed by atoms with Gasteiger partial charge in [-0.2, -0.15) is 0 Å². The molecule has 0 aliphatic carbocycles. The van der Waals surface area contributed by atoms with Crippen molar-refractivity contribution in [2.75, 3.05) is 39.0 Å². The van der Waals surface area contributed by atoms with Crippen LogP contribution in [0.3, 0.4) is 0 Å². The Kier molecular flexibility index (Phi) is 6.69. The molecule has 1 aromatic carbocycles. The number of amides is 1. The molecule has 2 rings (SSSR count). The van der Waals surface area contributed by atoms with Crippen LogP contribution in [-0.4, -0.2) is 59.4 Å². The maximum absolute atomic E-state index is 12.6. The molecular weight excluding hydrogens is 302 g/mol. The summed E-state index contributed by atoms with van der Waals surface area (Å²) in [5, 5.41) is 3.14. The fraction of sp³-hybridized carbons (Fsp3) is 0.389. The number of anilines is 1. The molecule has 1 amide bonds. The first-order valence-corrected chi connectivity index (χ1v) is 8.14. The third-order valence-electron chi connectivity index (χ3n) is 3.63. The summed E-state index contributed by atoms with van der Waals surface area (Å²) in [4.78, 5) is 24.9. The molecule has 0 unspecified atom stereocenters. The molecule has 2 aromatic rings. The Balaban J connectivity index is 1.97. The van der Waals surface area contributed by atoms with Gasteiger partial charge < -0.3 is 15.1 Å². The lowest BCUT2D eigenvalue weighted by atomic mass is 10.2. The second-order valence-corrected chi connectivity index (χ2v) is 5.83. The molecular formula is C18H25N5O. The molecule has 6 heteroatoms. The Morgan fingerprint density at radius 1 is 1.12 bits per heavy atom. The van der Waals surface area contributed by atoms with Crippen molar-refractivity contribution in [3.05, 3.63) is 53.9 Å². The molecule has 0 bridgehead atoms. The zero-order valence-electron chi connectivity index (χ0n) is 14.6. The van der Waals surface area contributed by atoms with Crippen molar-refractivity contribution in [3.63, 3.8) is 0 Å². The average molecular weight is 327 g/mol. The van der Waals surface area contributed by atoms with Crippen LogP contribution in [0.5, 0.6) is 0 Å². The molecule has 1 heterocycles. The Morgan fingerprint density at radius 2 is 1.79 bits per heavy atom. The van der Waals surface area contributed by atoms with Gasteiger partial charge >= 0.3 is 0 Å². The zero-order valence-corrected chi connectivity index (χ0v) is 14.6. The summed E-state index contributed by atoms with van der Waals surface area (Å²) >= 11 is 0. The number of aromatic nitrogens is 2. The molecule has 0 atom stereocenters. The quantitative estimate of drug-likeness (QED) is 0.805. The van der Waals surface area contributed by atoms with E-state index in [1.165, 1.54) is 0 Å². The van der Waals surface area contributed by atoms with Crippen LogP contribution in [0.4, 0.5) is 5.95 Å². The second-order valence-electron chi connectivity index (χ2n) is 5.83. The van der Waals surface area contributed by atoms with E-state index in [1.54, 1.807) is 17.3 Å². The largest absolute Gasteiger partial charge is 0.353 e. The van der Waals surface area contributed by atoms with Gasteiger partial charge in [-0.15, -0.1) is 0 Å². The van der Waals surface area contributed by atoms with E-state index in [1.807, 2.05) is 51.4 Å². The number of nitrogens with zero attached hydrogens (tertiary/aromatic N) is 4. The fourth-order valence-electron chi connectivity index (χ4n) is 2.23. The van der Waals surface area contributed by atoms with Crippen LogP contribution < -0.4 is 5.32 Å². The molecule has 0 fully saturated rings. The number of carbonyl (C=O) groups excluding carboxylic acids is 1. The lowest BCUT2D eigenvalue weighted by molar-refractivity contribution is 0.0752. The Morgan fingerprint density at radius 3 is 2.38 bits per heavy atom. The summed E-state index contributed by atoms with van der Waals surface area (Å²) in [5.74, 6) is 0.487. The molecule has 0 aliphatic heterocycles. The lowest BCUT2D eigenvalue weighted by Gasteiger charge is -2.21. The molecule has 128 valence electrons. The topological polar surface area (TPSA) is 61.4 Å². The van der Waals surface area contributed by atoms with Crippen LogP contribution >= 0.6 is 0 Å². The first kappa shape index (κ1) is 17.9. The highest BCUT2D eigenvalue weighted by Crippen LogP contribution is 2.09. The minimum absolute atomic E-state index is 0.0544. The van der Waals surface area contributed by atoms with Crippen molar-refractivity contribution in [1.29, 1.82) is 0 Å². The van der Waals surface area contributed by atoms with Crippen LogP contribution in [-0.2, 0) is 6.54 Å². The summed E-state index contributed by atoms with van der Waals surface area (Å²) in [5.41, 5.74) is 1.61. The van der Waals surface area contributed by atoms with E-state index >= 15 is 0 Å². The van der Waals surface area contributed by atoms with E-state index in [4.69, 9.17) is 0 Å². The fourth-order valence-corrected chi connectivity index (χ4v) is 2.23. The van der Waals surface area contributed by atoms with E-state index in [2.05, 4.69) is 20.2 Å². The van der Waals surface area contributed by atoms with Gasteiger partial charge in [0.1, 0.15) is 0 Å². The minimum atomic E-state index is -0.0544. The van der Waals surface area contributed by atoms with Crippen molar-refractivity contribution in [2.45, 2.75) is 13.5 Å². The third-order valence-corrected chi connectivity index (χ3v) is 3.63. The number of hydrogen-bond donors (Lipinski definition) is 1. The predicted molar refractivity (Wildman–Crippen MR) is 95.9 cm³/mol. The Labute approximate surface area is 143 Å². The minimum Gasteiger partial charge on any atom is -0.353 e.